The van der Waals surface area contributed by atoms with Gasteiger partial charge in [0.2, 0.25) is 0 Å². The molecule has 53 heavy (non-hydrogen) atoms. The molecule has 1 aliphatic carbocycles. The quantitative estimate of drug-likeness (QED) is 0.0886. The Morgan fingerprint density at radius 3 is 0.774 bits per heavy atom. The van der Waals surface area contributed by atoms with Gasteiger partial charge >= 0.3 is 112 Å². The first-order valence-electron chi connectivity index (χ1n) is 15.3. The van der Waals surface area contributed by atoms with Crippen LogP contribution in [0.5, 0.6) is 0 Å². The van der Waals surface area contributed by atoms with Crippen LogP contribution in [0.4, 0.5) is 0 Å². The first-order valence-corrected chi connectivity index (χ1v) is 47.6. The average Bonchev–Trinajstić information content (AvgIpc) is 3.42. The van der Waals surface area contributed by atoms with E-state index in [4.69, 9.17) is 88.3 Å². The fraction of sp³-hybridized carbons (Fsp3) is 0.0256. The fourth-order valence-corrected chi connectivity index (χ4v) is 5.94. The number of hydrogen-bond acceptors (Lipinski definition) is 0. The van der Waals surface area contributed by atoms with Crippen molar-refractivity contribution in [1.82, 2.24) is 0 Å². The summed E-state index contributed by atoms with van der Waals surface area (Å²) in [5.74, 6) is 2.55. The van der Waals surface area contributed by atoms with Crippen LogP contribution in [0.3, 0.4) is 0 Å². The van der Waals surface area contributed by atoms with Gasteiger partial charge in [0.05, 0.1) is 45.2 Å². The van der Waals surface area contributed by atoms with E-state index in [9.17, 15) is 0 Å². The van der Waals surface area contributed by atoms with E-state index in [1.807, 2.05) is 0 Å². The Labute approximate surface area is 363 Å². The minimum Gasteiger partial charge on any atom is -0.0511 e. The van der Waals surface area contributed by atoms with Gasteiger partial charge in [0.15, 0.2) is 0 Å². The Morgan fingerprint density at radius 2 is 0.547 bits per heavy atom. The third-order valence-corrected chi connectivity index (χ3v) is 7.71. The van der Waals surface area contributed by atoms with Gasteiger partial charge in [0.25, 0.3) is 0 Å². The molecule has 0 radical (unpaired) electrons. The summed E-state index contributed by atoms with van der Waals surface area (Å²) in [5, 5.41) is 0. The Morgan fingerprint density at radius 1 is 0.321 bits per heavy atom. The minimum atomic E-state index is -4.33. The third kappa shape index (κ3) is 16.2. The summed E-state index contributed by atoms with van der Waals surface area (Å²) in [5.41, 5.74) is 13.0. The van der Waals surface area contributed by atoms with Gasteiger partial charge in [-0.05, 0) is 156 Å². The molecule has 0 aromatic heterocycles. The van der Waals surface area contributed by atoms with Crippen LogP contribution in [0, 0.1) is 11.8 Å². The van der Waals surface area contributed by atoms with Crippen LogP contribution < -0.4 is 24.8 Å². The van der Waals surface area contributed by atoms with Gasteiger partial charge in [-0.15, -0.1) is 0 Å². The molecule has 0 amide bonds. The van der Waals surface area contributed by atoms with E-state index in [1.165, 1.54) is 67.5 Å². The van der Waals surface area contributed by atoms with Crippen LogP contribution in [0.1, 0.15) is 44.5 Å². The van der Waals surface area contributed by atoms with Crippen molar-refractivity contribution in [1.29, 1.82) is 0 Å². The van der Waals surface area contributed by atoms with Crippen molar-refractivity contribution in [3.8, 4) is 11.1 Å². The number of rotatable bonds is 6. The Bertz CT molecular complexity index is 1800. The molecule has 7 rings (SSSR count). The van der Waals surface area contributed by atoms with Gasteiger partial charge in [-0.3, -0.25) is 0 Å². The largest absolute Gasteiger partial charge is 0.0632 e. The van der Waals surface area contributed by atoms with E-state index in [-0.39, 0.29) is 24.8 Å². The van der Waals surface area contributed by atoms with Crippen LogP contribution in [-0.2, 0) is 6.42 Å². The summed E-state index contributed by atoms with van der Waals surface area (Å²) in [6.07, 6.45) is 0.945. The Kier molecular flexibility index (Phi) is 17.7. The first kappa shape index (κ1) is 47.6. The van der Waals surface area contributed by atoms with E-state index in [0.29, 0.717) is 0 Å². The molecule has 6 aromatic carbocycles. The van der Waals surface area contributed by atoms with Crippen LogP contribution in [-0.4, -0.2) is 23.4 Å². The van der Waals surface area contributed by atoms with E-state index in [2.05, 4.69) is 158 Å². The van der Waals surface area contributed by atoms with E-state index >= 15 is 0 Å². The van der Waals surface area contributed by atoms with Crippen molar-refractivity contribution < 1.29 is 24.8 Å². The first-order chi connectivity index (χ1) is 23.8. The second-order valence-corrected chi connectivity index (χ2v) is 87.3. The molecule has 0 saturated heterocycles. The van der Waals surface area contributed by atoms with Crippen molar-refractivity contribution in [2.75, 3.05) is 0 Å². The maximum atomic E-state index is 5.05. The molecule has 14 heteroatoms. The predicted molar refractivity (Wildman–Crippen MR) is 232 cm³/mol. The van der Waals surface area contributed by atoms with E-state index < -0.39 is 23.4 Å². The molecule has 0 heterocycles. The zero-order chi connectivity index (χ0) is 36.9. The molecule has 0 nitrogen and oxygen atoms in total. The summed E-state index contributed by atoms with van der Waals surface area (Å²) in [4.78, 5) is 0. The number of hydrogen-bond donors (Lipinski definition) is 0. The van der Waals surface area contributed by atoms with Crippen LogP contribution in [0.2, 0.25) is 0 Å². The number of fused-ring (bicyclic) bond motifs is 3. The molecule has 6 aromatic rings. The summed E-state index contributed by atoms with van der Waals surface area (Å²) in [6, 6.07) is 57.0. The molecule has 278 valence electrons. The maximum Gasteiger partial charge on any atom is 0.0632 e. The standard InChI is InChI=1S/C39H28.12ClH.2Sb/c1-5-13-28(14-6-1)38(29-15-7-2-8-16-29)32-21-23-36-34(25-32)27-35-26-33(22-24-37(35)36)39(30-17-9-3-10-18-30)31-19-11-4-12-20-31;;;;;;;;;;;;;;/h1-26H,27H2;12*1H;;/q+2;;;;;;;;;;;;;2*+5/p-12. The molecule has 0 saturated carbocycles. The zero-order valence-corrected chi connectivity index (χ0v) is 41.3. The van der Waals surface area contributed by atoms with Crippen LogP contribution in [0.15, 0.2) is 158 Å². The molecular weight excluding hydrogens is 1140 g/mol. The molecule has 0 atom stereocenters. The smallest absolute Gasteiger partial charge is 0.0511 e. The number of benzene rings is 6. The third-order valence-electron chi connectivity index (χ3n) is 7.71. The molecule has 0 unspecified atom stereocenters. The molecule has 0 fully saturated rings. The molecule has 1 aliphatic rings. The predicted octanol–water partition coefficient (Wildman–Crippen LogP) is 9.44. The fourth-order valence-electron chi connectivity index (χ4n) is 5.94. The van der Waals surface area contributed by atoms with Gasteiger partial charge in [-0.2, -0.15) is 0 Å². The molecule has 0 N–H and O–H groups in total. The average molecular weight is 1170 g/mol. The SMILES string of the molecule is [Cl-].[Cl-].[Cl][Sb]([Cl])([Cl])([Cl])[Cl].[Cl][Sb]([Cl])([Cl])([Cl])[Cl].c1ccc([C+](c2ccccc2)c2ccc3c(c2)Cc2cc([C+](c4ccccc4)c4ccccc4)ccc2-3)cc1. The minimum absolute atomic E-state index is 0. The van der Waals surface area contributed by atoms with Crippen molar-refractivity contribution >= 4 is 112 Å². The van der Waals surface area contributed by atoms with Gasteiger partial charge in [0.1, 0.15) is 0 Å². The van der Waals surface area contributed by atoms with Gasteiger partial charge in [0, 0.05) is 6.42 Å². The second kappa shape index (κ2) is 19.8. The topological polar surface area (TPSA) is 0 Å². The van der Waals surface area contributed by atoms with Crippen LogP contribution >= 0.6 is 88.3 Å². The van der Waals surface area contributed by atoms with Crippen LogP contribution in [0.25, 0.3) is 11.1 Å². The summed E-state index contributed by atoms with van der Waals surface area (Å²) in [6.45, 7) is 0. The van der Waals surface area contributed by atoms with Crippen molar-refractivity contribution in [2.24, 2.45) is 0 Å². The molecule has 0 spiro atoms. The maximum absolute atomic E-state index is 5.05. The normalized spacial score (nSPS) is 12.8. The monoisotopic (exact) mass is 1160 g/mol. The molecule has 0 bridgehead atoms. The van der Waals surface area contributed by atoms with Crippen molar-refractivity contribution in [2.45, 2.75) is 6.42 Å². The van der Waals surface area contributed by atoms with Crippen molar-refractivity contribution in [3.05, 3.63) is 214 Å². The van der Waals surface area contributed by atoms with Gasteiger partial charge in [-0.25, -0.2) is 0 Å². The summed E-state index contributed by atoms with van der Waals surface area (Å²) in [7, 11) is 50.5. The summed E-state index contributed by atoms with van der Waals surface area (Å²) < 4.78 is 0. The summed E-state index contributed by atoms with van der Waals surface area (Å²) >= 11 is -8.66. The van der Waals surface area contributed by atoms with Gasteiger partial charge < -0.3 is 24.8 Å². The molecule has 0 aliphatic heterocycles. The van der Waals surface area contributed by atoms with Crippen molar-refractivity contribution in [3.63, 3.8) is 0 Å². The zero-order valence-electron chi connectivity index (χ0n) is 27.1. The Hall–Kier alpha value is 0.176. The second-order valence-electron chi connectivity index (χ2n) is 11.4. The molecular formula is C39H28Cl12Sb2. The number of halogens is 12. The van der Waals surface area contributed by atoms with E-state index in [0.717, 1.165) is 6.42 Å². The van der Waals surface area contributed by atoms with E-state index in [1.54, 1.807) is 0 Å². The Balaban J connectivity index is 0.000000471. The van der Waals surface area contributed by atoms with Gasteiger partial charge in [-0.1, -0.05) is 24.3 Å².